The molecule has 1 aliphatic heterocycles. The summed E-state index contributed by atoms with van der Waals surface area (Å²) in [5.41, 5.74) is 1.37. The van der Waals surface area contributed by atoms with Gasteiger partial charge in [-0.3, -0.25) is 0 Å². The van der Waals surface area contributed by atoms with Gasteiger partial charge in [0.25, 0.3) is 0 Å². The highest BCUT2D eigenvalue weighted by atomic mass is 16.5. The fourth-order valence-electron chi connectivity index (χ4n) is 2.08. The van der Waals surface area contributed by atoms with Crippen molar-refractivity contribution in [2.24, 2.45) is 5.92 Å². The molecule has 1 aromatic rings. The SMILES string of the molecule is CCc1ccc(OCC2CCNCC2)cc1. The molecule has 2 heteroatoms. The lowest BCUT2D eigenvalue weighted by atomic mass is 9.99. The number of rotatable bonds is 4. The summed E-state index contributed by atoms with van der Waals surface area (Å²) in [4.78, 5) is 0. The Kier molecular flexibility index (Phi) is 4.23. The van der Waals surface area contributed by atoms with Crippen molar-refractivity contribution in [2.75, 3.05) is 19.7 Å². The summed E-state index contributed by atoms with van der Waals surface area (Å²) in [5, 5.41) is 3.37. The molecule has 0 atom stereocenters. The van der Waals surface area contributed by atoms with Gasteiger partial charge in [-0.15, -0.1) is 0 Å². The van der Waals surface area contributed by atoms with Crippen LogP contribution in [0.5, 0.6) is 5.75 Å². The molecule has 0 amide bonds. The van der Waals surface area contributed by atoms with Crippen LogP contribution in [-0.2, 0) is 6.42 Å². The Bertz CT molecular complexity index is 301. The first-order chi connectivity index (χ1) is 7.88. The fraction of sp³-hybridized carbons (Fsp3) is 0.571. The minimum Gasteiger partial charge on any atom is -0.493 e. The molecule has 1 aliphatic rings. The first-order valence-electron chi connectivity index (χ1n) is 6.31. The Balaban J connectivity index is 1.79. The van der Waals surface area contributed by atoms with Crippen molar-refractivity contribution in [3.63, 3.8) is 0 Å². The maximum Gasteiger partial charge on any atom is 0.119 e. The van der Waals surface area contributed by atoms with E-state index in [1.807, 2.05) is 0 Å². The van der Waals surface area contributed by atoms with Crippen molar-refractivity contribution < 1.29 is 4.74 Å². The van der Waals surface area contributed by atoms with Gasteiger partial charge in [-0.2, -0.15) is 0 Å². The van der Waals surface area contributed by atoms with E-state index in [2.05, 4.69) is 36.5 Å². The van der Waals surface area contributed by atoms with Crippen molar-refractivity contribution in [3.8, 4) is 5.75 Å². The number of nitrogens with one attached hydrogen (secondary N) is 1. The van der Waals surface area contributed by atoms with Gasteiger partial charge in [0.1, 0.15) is 5.75 Å². The predicted molar refractivity (Wildman–Crippen MR) is 66.9 cm³/mol. The van der Waals surface area contributed by atoms with Crippen LogP contribution >= 0.6 is 0 Å². The highest BCUT2D eigenvalue weighted by Crippen LogP contribution is 2.16. The van der Waals surface area contributed by atoms with Gasteiger partial charge in [-0.25, -0.2) is 0 Å². The maximum atomic E-state index is 5.82. The van der Waals surface area contributed by atoms with Gasteiger partial charge in [-0.1, -0.05) is 19.1 Å². The van der Waals surface area contributed by atoms with E-state index in [0.717, 1.165) is 37.8 Å². The van der Waals surface area contributed by atoms with Crippen LogP contribution in [0.2, 0.25) is 0 Å². The van der Waals surface area contributed by atoms with E-state index in [-0.39, 0.29) is 0 Å². The van der Waals surface area contributed by atoms with E-state index in [4.69, 9.17) is 4.74 Å². The molecule has 1 heterocycles. The van der Waals surface area contributed by atoms with E-state index < -0.39 is 0 Å². The zero-order valence-electron chi connectivity index (χ0n) is 10.0. The smallest absolute Gasteiger partial charge is 0.119 e. The van der Waals surface area contributed by atoms with E-state index >= 15 is 0 Å². The van der Waals surface area contributed by atoms with Gasteiger partial charge in [0, 0.05) is 0 Å². The standard InChI is InChI=1S/C14H21NO/c1-2-12-3-5-14(6-4-12)16-11-13-7-9-15-10-8-13/h3-6,13,15H,2,7-11H2,1H3. The van der Waals surface area contributed by atoms with Gasteiger partial charge >= 0.3 is 0 Å². The monoisotopic (exact) mass is 219 g/mol. The van der Waals surface area contributed by atoms with Crippen LogP contribution in [0, 0.1) is 5.92 Å². The first kappa shape index (κ1) is 11.5. The Morgan fingerprint density at radius 3 is 2.50 bits per heavy atom. The molecule has 0 spiro atoms. The van der Waals surface area contributed by atoms with Crippen molar-refractivity contribution in [2.45, 2.75) is 26.2 Å². The molecular weight excluding hydrogens is 198 g/mol. The molecule has 0 bridgehead atoms. The summed E-state index contributed by atoms with van der Waals surface area (Å²) in [5.74, 6) is 1.74. The van der Waals surface area contributed by atoms with Gasteiger partial charge in [0.05, 0.1) is 6.61 Å². The molecule has 2 rings (SSSR count). The lowest BCUT2D eigenvalue weighted by molar-refractivity contribution is 0.215. The quantitative estimate of drug-likeness (QED) is 0.840. The number of hydrogen-bond donors (Lipinski definition) is 1. The van der Waals surface area contributed by atoms with Crippen LogP contribution in [0.3, 0.4) is 0 Å². The average Bonchev–Trinajstić information content (AvgIpc) is 2.38. The maximum absolute atomic E-state index is 5.82. The van der Waals surface area contributed by atoms with Crippen molar-refractivity contribution in [1.82, 2.24) is 5.32 Å². The van der Waals surface area contributed by atoms with Gasteiger partial charge in [-0.05, 0) is 56.0 Å². The second-order valence-electron chi connectivity index (χ2n) is 4.50. The molecule has 1 N–H and O–H groups in total. The summed E-state index contributed by atoms with van der Waals surface area (Å²) in [6.45, 7) is 5.32. The number of ether oxygens (including phenoxy) is 1. The second-order valence-corrected chi connectivity index (χ2v) is 4.50. The third-order valence-corrected chi connectivity index (χ3v) is 3.28. The molecule has 2 nitrogen and oxygen atoms in total. The molecule has 0 saturated carbocycles. The van der Waals surface area contributed by atoms with Crippen LogP contribution in [0.1, 0.15) is 25.3 Å². The molecule has 1 saturated heterocycles. The molecule has 16 heavy (non-hydrogen) atoms. The molecular formula is C14H21NO. The van der Waals surface area contributed by atoms with Crippen LogP contribution in [0.15, 0.2) is 24.3 Å². The third-order valence-electron chi connectivity index (χ3n) is 3.28. The van der Waals surface area contributed by atoms with Gasteiger partial charge in [0.15, 0.2) is 0 Å². The zero-order valence-corrected chi connectivity index (χ0v) is 10.0. The normalized spacial score (nSPS) is 17.3. The second kappa shape index (κ2) is 5.90. The summed E-state index contributed by atoms with van der Waals surface area (Å²) >= 11 is 0. The number of hydrogen-bond acceptors (Lipinski definition) is 2. The Morgan fingerprint density at radius 2 is 1.88 bits per heavy atom. The highest BCUT2D eigenvalue weighted by molar-refractivity contribution is 5.27. The van der Waals surface area contributed by atoms with Gasteiger partial charge in [0.2, 0.25) is 0 Å². The fourth-order valence-corrected chi connectivity index (χ4v) is 2.08. The van der Waals surface area contributed by atoms with Crippen LogP contribution in [-0.4, -0.2) is 19.7 Å². The predicted octanol–water partition coefficient (Wildman–Crippen LogP) is 2.63. The highest BCUT2D eigenvalue weighted by Gasteiger charge is 2.13. The van der Waals surface area contributed by atoms with Crippen LogP contribution in [0.25, 0.3) is 0 Å². The average molecular weight is 219 g/mol. The summed E-state index contributed by atoms with van der Waals surface area (Å²) in [6.07, 6.45) is 3.58. The summed E-state index contributed by atoms with van der Waals surface area (Å²) in [6, 6.07) is 8.47. The van der Waals surface area contributed by atoms with Crippen molar-refractivity contribution in [1.29, 1.82) is 0 Å². The van der Waals surface area contributed by atoms with E-state index in [0.29, 0.717) is 0 Å². The molecule has 1 aromatic carbocycles. The van der Waals surface area contributed by atoms with E-state index in [9.17, 15) is 0 Å². The third kappa shape index (κ3) is 3.24. The molecule has 0 aliphatic carbocycles. The molecule has 0 radical (unpaired) electrons. The molecule has 88 valence electrons. The first-order valence-corrected chi connectivity index (χ1v) is 6.31. The lowest BCUT2D eigenvalue weighted by Gasteiger charge is -2.22. The summed E-state index contributed by atoms with van der Waals surface area (Å²) in [7, 11) is 0. The Hall–Kier alpha value is -1.02. The van der Waals surface area contributed by atoms with Crippen molar-refractivity contribution >= 4 is 0 Å². The Morgan fingerprint density at radius 1 is 1.19 bits per heavy atom. The minimum absolute atomic E-state index is 0.729. The lowest BCUT2D eigenvalue weighted by Crippen LogP contribution is -2.30. The number of aryl methyl sites for hydroxylation is 1. The largest absolute Gasteiger partial charge is 0.493 e. The topological polar surface area (TPSA) is 21.3 Å². The number of benzene rings is 1. The molecule has 0 aromatic heterocycles. The van der Waals surface area contributed by atoms with E-state index in [1.165, 1.54) is 18.4 Å². The van der Waals surface area contributed by atoms with Crippen LogP contribution in [0.4, 0.5) is 0 Å². The summed E-state index contributed by atoms with van der Waals surface area (Å²) < 4.78 is 5.82. The molecule has 0 unspecified atom stereocenters. The van der Waals surface area contributed by atoms with Gasteiger partial charge < -0.3 is 10.1 Å². The molecule has 1 fully saturated rings. The van der Waals surface area contributed by atoms with Crippen molar-refractivity contribution in [3.05, 3.63) is 29.8 Å². The zero-order chi connectivity index (χ0) is 11.2. The number of piperidine rings is 1. The minimum atomic E-state index is 0.729. The van der Waals surface area contributed by atoms with Crippen LogP contribution < -0.4 is 10.1 Å². The Labute approximate surface area is 98.0 Å². The van der Waals surface area contributed by atoms with E-state index in [1.54, 1.807) is 0 Å².